The van der Waals surface area contributed by atoms with Crippen LogP contribution in [0.5, 0.6) is 5.88 Å². The zero-order valence-corrected chi connectivity index (χ0v) is 19.1. The average Bonchev–Trinajstić information content (AvgIpc) is 3.10. The molecule has 1 unspecified atom stereocenters. The summed E-state index contributed by atoms with van der Waals surface area (Å²) in [6.07, 6.45) is 3.12. The zero-order valence-electron chi connectivity index (χ0n) is 18.3. The van der Waals surface area contributed by atoms with Crippen molar-refractivity contribution in [3.63, 3.8) is 0 Å². The van der Waals surface area contributed by atoms with Crippen molar-refractivity contribution in [1.82, 2.24) is 15.0 Å². The van der Waals surface area contributed by atoms with Crippen LogP contribution in [0.1, 0.15) is 45.6 Å². The van der Waals surface area contributed by atoms with Crippen molar-refractivity contribution in [2.75, 3.05) is 13.1 Å². The molecular weight excluding hydrogens is 413 g/mol. The molecule has 4 atom stereocenters. The average molecular weight is 444 g/mol. The number of nitrogens with one attached hydrogen (secondary N) is 2. The highest BCUT2D eigenvalue weighted by Crippen LogP contribution is 2.47. The Hall–Kier alpha value is -1.67. The maximum atomic E-state index is 13.5. The summed E-state index contributed by atoms with van der Waals surface area (Å²) in [7, 11) is 0. The monoisotopic (exact) mass is 443 g/mol. The normalized spacial score (nSPS) is 27.3. The molecule has 0 spiro atoms. The molecule has 2 saturated carbocycles. The molecule has 1 saturated heterocycles. The molecule has 5 rings (SSSR count). The van der Waals surface area contributed by atoms with Crippen molar-refractivity contribution < 1.29 is 13.7 Å². The predicted molar refractivity (Wildman–Crippen MR) is 120 cm³/mol. The minimum atomic E-state index is -1.19. The van der Waals surface area contributed by atoms with Gasteiger partial charge in [-0.2, -0.15) is 0 Å². The number of hydrogen-bond acceptors (Lipinski definition) is 5. The fourth-order valence-corrected chi connectivity index (χ4v) is 5.58. The van der Waals surface area contributed by atoms with Gasteiger partial charge in [-0.1, -0.05) is 0 Å². The summed E-state index contributed by atoms with van der Waals surface area (Å²) >= 11 is -1.19. The smallest absolute Gasteiger partial charge is 0.214 e. The lowest BCUT2D eigenvalue weighted by Crippen LogP contribution is -2.55. The standard InChI is InChI=1S/C24H30FN3O2S/c1-23(2,3)31(29)28-24(9-4-10-24)16-11-20(15-5-7-17(25)8-6-15)27-21(12-16)30-22-18-13-26-14-19(18)22/h5-8,11-12,18-19,22,26,28H,4,9-10,13-14H2,1-3H3/t18-,19+,22-,31?. The lowest BCUT2D eigenvalue weighted by Gasteiger charge is -2.44. The van der Waals surface area contributed by atoms with E-state index in [0.29, 0.717) is 17.7 Å². The number of aromatic nitrogens is 1. The number of piperidine rings is 1. The molecule has 166 valence electrons. The van der Waals surface area contributed by atoms with Crippen molar-refractivity contribution in [3.8, 4) is 17.1 Å². The van der Waals surface area contributed by atoms with Crippen molar-refractivity contribution in [3.05, 3.63) is 47.8 Å². The zero-order chi connectivity index (χ0) is 21.8. The van der Waals surface area contributed by atoms with E-state index in [0.717, 1.165) is 49.2 Å². The molecule has 3 fully saturated rings. The Morgan fingerprint density at radius 2 is 1.84 bits per heavy atom. The van der Waals surface area contributed by atoms with Crippen LogP contribution in [0.15, 0.2) is 36.4 Å². The first kappa shape index (κ1) is 21.2. The number of benzene rings is 1. The molecule has 2 aromatic rings. The molecule has 1 aliphatic heterocycles. The van der Waals surface area contributed by atoms with Crippen LogP contribution in [0.4, 0.5) is 4.39 Å². The summed E-state index contributed by atoms with van der Waals surface area (Å²) in [5.41, 5.74) is 2.29. The van der Waals surface area contributed by atoms with Gasteiger partial charge in [-0.3, -0.25) is 0 Å². The SMILES string of the molecule is CC(C)(C)[S+]([O-])NC1(c2cc(O[C@@H]3[C@@H]4CNC[C@@H]43)nc(-c3ccc(F)cc3)c2)CCC1. The molecule has 0 bridgehead atoms. The molecular formula is C24H30FN3O2S. The highest BCUT2D eigenvalue weighted by molar-refractivity contribution is 7.90. The van der Waals surface area contributed by atoms with E-state index >= 15 is 0 Å². The number of pyridine rings is 1. The Kier molecular flexibility index (Phi) is 5.28. The van der Waals surface area contributed by atoms with Gasteiger partial charge in [-0.15, -0.1) is 4.72 Å². The Bertz CT molecular complexity index is 948. The summed E-state index contributed by atoms with van der Waals surface area (Å²) < 4.78 is 35.8. The summed E-state index contributed by atoms with van der Waals surface area (Å²) in [5, 5.41) is 3.39. The van der Waals surface area contributed by atoms with Crippen LogP contribution in [0.25, 0.3) is 11.3 Å². The molecule has 5 nitrogen and oxygen atoms in total. The number of rotatable bonds is 6. The number of ether oxygens (including phenoxy) is 1. The number of nitrogens with zero attached hydrogens (tertiary/aromatic N) is 1. The third-order valence-electron chi connectivity index (χ3n) is 6.82. The van der Waals surface area contributed by atoms with Gasteiger partial charge in [-0.25, -0.2) is 9.37 Å². The summed E-state index contributed by atoms with van der Waals surface area (Å²) in [4.78, 5) is 4.77. The van der Waals surface area contributed by atoms with Crippen LogP contribution >= 0.6 is 0 Å². The second-order valence-electron chi connectivity index (χ2n) is 10.1. The van der Waals surface area contributed by atoms with Gasteiger partial charge in [0, 0.05) is 47.9 Å². The molecule has 1 aromatic carbocycles. The maximum absolute atomic E-state index is 13.5. The topological polar surface area (TPSA) is 69.2 Å². The van der Waals surface area contributed by atoms with Crippen LogP contribution < -0.4 is 14.8 Å². The van der Waals surface area contributed by atoms with Crippen molar-refractivity contribution in [2.45, 2.75) is 56.4 Å². The molecule has 0 radical (unpaired) electrons. The third-order valence-corrected chi connectivity index (χ3v) is 8.50. The Morgan fingerprint density at radius 3 is 2.42 bits per heavy atom. The number of hydrogen-bond donors (Lipinski definition) is 2. The van der Waals surface area contributed by atoms with Gasteiger partial charge in [0.1, 0.15) is 16.7 Å². The Morgan fingerprint density at radius 1 is 1.16 bits per heavy atom. The van der Waals surface area contributed by atoms with Gasteiger partial charge in [-0.05, 0) is 75.9 Å². The van der Waals surface area contributed by atoms with Crippen molar-refractivity contribution in [2.24, 2.45) is 11.8 Å². The van der Waals surface area contributed by atoms with Crippen LogP contribution in [-0.2, 0) is 16.9 Å². The van der Waals surface area contributed by atoms with E-state index < -0.39 is 11.4 Å². The van der Waals surface area contributed by atoms with Gasteiger partial charge in [0.2, 0.25) is 5.88 Å². The molecule has 0 amide bonds. The van der Waals surface area contributed by atoms with Crippen LogP contribution in [0.3, 0.4) is 0 Å². The van der Waals surface area contributed by atoms with Crippen molar-refractivity contribution in [1.29, 1.82) is 0 Å². The number of fused-ring (bicyclic) bond motifs is 1. The second-order valence-corrected chi connectivity index (χ2v) is 12.0. The van der Waals surface area contributed by atoms with E-state index in [1.807, 2.05) is 32.9 Å². The van der Waals surface area contributed by atoms with Crippen LogP contribution in [-0.4, -0.2) is 33.5 Å². The number of halogens is 1. The van der Waals surface area contributed by atoms with Gasteiger partial charge in [0.15, 0.2) is 0 Å². The molecule has 2 N–H and O–H groups in total. The lowest BCUT2D eigenvalue weighted by molar-refractivity contribution is 0.218. The van der Waals surface area contributed by atoms with Crippen molar-refractivity contribution >= 4 is 11.4 Å². The van der Waals surface area contributed by atoms with Gasteiger partial charge >= 0.3 is 0 Å². The second kappa shape index (κ2) is 7.73. The maximum Gasteiger partial charge on any atom is 0.214 e. The van der Waals surface area contributed by atoms with Crippen LogP contribution in [0, 0.1) is 17.7 Å². The summed E-state index contributed by atoms with van der Waals surface area (Å²) in [6.45, 7) is 7.93. The molecule has 7 heteroatoms. The van der Waals surface area contributed by atoms with E-state index in [1.165, 1.54) is 12.1 Å². The highest BCUT2D eigenvalue weighted by Gasteiger charge is 2.55. The highest BCUT2D eigenvalue weighted by atomic mass is 32.2. The van der Waals surface area contributed by atoms with Gasteiger partial charge in [0.25, 0.3) is 0 Å². The Balaban J connectivity index is 1.50. The minimum Gasteiger partial charge on any atom is -0.598 e. The first-order chi connectivity index (χ1) is 14.7. The van der Waals surface area contributed by atoms with E-state index in [-0.39, 0.29) is 22.2 Å². The molecule has 1 aromatic heterocycles. The Labute approximate surface area is 186 Å². The van der Waals surface area contributed by atoms with E-state index in [2.05, 4.69) is 10.0 Å². The molecule has 31 heavy (non-hydrogen) atoms. The quantitative estimate of drug-likeness (QED) is 0.663. The molecule has 3 aliphatic rings. The third kappa shape index (κ3) is 4.09. The first-order valence-corrected chi connectivity index (χ1v) is 12.3. The largest absolute Gasteiger partial charge is 0.598 e. The fraction of sp³-hybridized carbons (Fsp3) is 0.542. The van der Waals surface area contributed by atoms with Crippen LogP contribution in [0.2, 0.25) is 0 Å². The molecule has 2 aliphatic carbocycles. The predicted octanol–water partition coefficient (Wildman–Crippen LogP) is 3.92. The molecule has 2 heterocycles. The van der Waals surface area contributed by atoms with Gasteiger partial charge in [0.05, 0.1) is 11.2 Å². The van der Waals surface area contributed by atoms with E-state index in [1.54, 1.807) is 12.1 Å². The fourth-order valence-electron chi connectivity index (χ4n) is 4.60. The first-order valence-electron chi connectivity index (χ1n) is 11.1. The van der Waals surface area contributed by atoms with E-state index in [9.17, 15) is 8.94 Å². The van der Waals surface area contributed by atoms with E-state index in [4.69, 9.17) is 9.72 Å². The lowest BCUT2D eigenvalue weighted by atomic mass is 9.72. The summed E-state index contributed by atoms with van der Waals surface area (Å²) in [6, 6.07) is 10.5. The minimum absolute atomic E-state index is 0.207. The summed E-state index contributed by atoms with van der Waals surface area (Å²) in [5.74, 6) is 1.45. The van der Waals surface area contributed by atoms with Gasteiger partial charge < -0.3 is 14.6 Å².